The minimum atomic E-state index is -0.510. The highest BCUT2D eigenvalue weighted by Gasteiger charge is 2.27. The lowest BCUT2D eigenvalue weighted by Crippen LogP contribution is -2.40. The minimum Gasteiger partial charge on any atom is -0.389 e. The number of nitrogens with one attached hydrogen (secondary N) is 3. The molecule has 3 aromatic heterocycles. The number of carbonyl (C=O) groups excluding carboxylic acids is 1. The SMILES string of the molecule is O=C(CCN[C@H]1COC[C@@H]1O)Nc1sc2c(c1-c1nc3cnccc3s1)CCNC2. The number of aliphatic hydroxyl groups is 1. The Hall–Kier alpha value is -1.95. The maximum atomic E-state index is 12.7. The van der Waals surface area contributed by atoms with E-state index < -0.39 is 6.10 Å². The summed E-state index contributed by atoms with van der Waals surface area (Å²) in [5.41, 5.74) is 3.22. The molecular weight excluding hydrogens is 422 g/mol. The van der Waals surface area contributed by atoms with Crippen LogP contribution in [0.3, 0.4) is 0 Å². The molecule has 1 amide bonds. The number of carbonyl (C=O) groups is 1. The van der Waals surface area contributed by atoms with E-state index in [-0.39, 0.29) is 11.9 Å². The Bertz CT molecular complexity index is 1030. The van der Waals surface area contributed by atoms with Gasteiger partial charge in [-0.1, -0.05) is 0 Å². The summed E-state index contributed by atoms with van der Waals surface area (Å²) in [6.45, 7) is 3.05. The van der Waals surface area contributed by atoms with Gasteiger partial charge < -0.3 is 25.8 Å². The molecule has 0 unspecified atom stereocenters. The van der Waals surface area contributed by atoms with E-state index in [1.54, 1.807) is 35.1 Å². The molecule has 3 aromatic rings. The number of hydrogen-bond acceptors (Lipinski definition) is 9. The van der Waals surface area contributed by atoms with Crippen LogP contribution < -0.4 is 16.0 Å². The third-order valence-electron chi connectivity index (χ3n) is 5.39. The number of aromatic nitrogens is 2. The van der Waals surface area contributed by atoms with E-state index in [4.69, 9.17) is 9.72 Å². The van der Waals surface area contributed by atoms with Gasteiger partial charge in [-0.3, -0.25) is 9.78 Å². The van der Waals surface area contributed by atoms with Gasteiger partial charge in [0.2, 0.25) is 5.91 Å². The Morgan fingerprint density at radius 3 is 3.13 bits per heavy atom. The number of rotatable bonds is 6. The van der Waals surface area contributed by atoms with E-state index in [0.717, 1.165) is 45.3 Å². The zero-order chi connectivity index (χ0) is 20.5. The second-order valence-electron chi connectivity index (χ2n) is 7.46. The van der Waals surface area contributed by atoms with Crippen LogP contribution in [0.2, 0.25) is 0 Å². The highest BCUT2D eigenvalue weighted by Crippen LogP contribution is 2.44. The van der Waals surface area contributed by atoms with Crippen molar-refractivity contribution in [2.24, 2.45) is 0 Å². The predicted molar refractivity (Wildman–Crippen MR) is 118 cm³/mol. The molecule has 0 aromatic carbocycles. The van der Waals surface area contributed by atoms with Crippen LogP contribution in [0, 0.1) is 0 Å². The van der Waals surface area contributed by atoms with Crippen LogP contribution in [0.25, 0.3) is 20.8 Å². The van der Waals surface area contributed by atoms with Gasteiger partial charge in [0.25, 0.3) is 0 Å². The average Bonchev–Trinajstić information content (AvgIpc) is 3.44. The number of thiazole rings is 1. The quantitative estimate of drug-likeness (QED) is 0.458. The van der Waals surface area contributed by atoms with Gasteiger partial charge in [0, 0.05) is 36.1 Å². The molecule has 1 saturated heterocycles. The topological polar surface area (TPSA) is 108 Å². The number of nitrogens with zero attached hydrogens (tertiary/aromatic N) is 2. The van der Waals surface area contributed by atoms with Crippen molar-refractivity contribution in [3.05, 3.63) is 28.9 Å². The van der Waals surface area contributed by atoms with E-state index >= 15 is 0 Å². The second kappa shape index (κ2) is 8.66. The molecular formula is C20H23N5O3S2. The Morgan fingerprint density at radius 2 is 2.30 bits per heavy atom. The molecule has 2 aliphatic rings. The number of thiophene rings is 1. The summed E-state index contributed by atoms with van der Waals surface area (Å²) >= 11 is 3.26. The highest BCUT2D eigenvalue weighted by atomic mass is 32.1. The molecule has 5 rings (SSSR count). The number of anilines is 1. The smallest absolute Gasteiger partial charge is 0.226 e. The Kier molecular flexibility index (Phi) is 5.77. The Labute approximate surface area is 181 Å². The van der Waals surface area contributed by atoms with E-state index in [9.17, 15) is 9.90 Å². The van der Waals surface area contributed by atoms with Crippen molar-refractivity contribution in [3.63, 3.8) is 0 Å². The largest absolute Gasteiger partial charge is 0.389 e. The Morgan fingerprint density at radius 1 is 1.37 bits per heavy atom. The molecule has 0 spiro atoms. The highest BCUT2D eigenvalue weighted by molar-refractivity contribution is 7.22. The normalized spacial score (nSPS) is 21.1. The molecule has 0 aliphatic carbocycles. The summed E-state index contributed by atoms with van der Waals surface area (Å²) in [5.74, 6) is -0.0495. The average molecular weight is 446 g/mol. The van der Waals surface area contributed by atoms with Crippen molar-refractivity contribution >= 4 is 43.8 Å². The monoisotopic (exact) mass is 445 g/mol. The molecule has 1 fully saturated rings. The van der Waals surface area contributed by atoms with Gasteiger partial charge in [0.15, 0.2) is 0 Å². The van der Waals surface area contributed by atoms with E-state index in [1.807, 2.05) is 6.07 Å². The maximum Gasteiger partial charge on any atom is 0.226 e. The van der Waals surface area contributed by atoms with Gasteiger partial charge in [0.05, 0.1) is 36.3 Å². The van der Waals surface area contributed by atoms with Crippen LogP contribution in [0.4, 0.5) is 5.00 Å². The molecule has 10 heteroatoms. The first-order valence-corrected chi connectivity index (χ1v) is 11.7. The van der Waals surface area contributed by atoms with Crippen molar-refractivity contribution in [2.45, 2.75) is 31.5 Å². The molecule has 2 aliphatic heterocycles. The Balaban J connectivity index is 1.35. The van der Waals surface area contributed by atoms with Crippen molar-refractivity contribution in [2.75, 3.05) is 31.6 Å². The van der Waals surface area contributed by atoms with Crippen molar-refractivity contribution in [1.82, 2.24) is 20.6 Å². The van der Waals surface area contributed by atoms with Crippen LogP contribution in [0.5, 0.6) is 0 Å². The van der Waals surface area contributed by atoms with Gasteiger partial charge in [-0.15, -0.1) is 22.7 Å². The van der Waals surface area contributed by atoms with E-state index in [0.29, 0.717) is 26.2 Å². The standard InChI is InChI=1S/C20H23N5O3S2/c26-14-10-28-9-13(14)23-6-3-17(27)25-20-18(11-1-4-22-8-16(11)30-20)19-24-12-7-21-5-2-15(12)29-19/h2,5,7,13-14,22-23,26H,1,3-4,6,8-10H2,(H,25,27)/t13-,14-/m0/s1. The number of aliphatic hydroxyl groups excluding tert-OH is 1. The molecule has 30 heavy (non-hydrogen) atoms. The summed E-state index contributed by atoms with van der Waals surface area (Å²) in [4.78, 5) is 22.9. The molecule has 158 valence electrons. The molecule has 2 atom stereocenters. The summed E-state index contributed by atoms with van der Waals surface area (Å²) < 4.78 is 6.32. The van der Waals surface area contributed by atoms with E-state index in [1.165, 1.54) is 10.4 Å². The molecule has 5 heterocycles. The lowest BCUT2D eigenvalue weighted by atomic mass is 10.0. The van der Waals surface area contributed by atoms with Gasteiger partial charge in [-0.05, 0) is 24.6 Å². The zero-order valence-corrected chi connectivity index (χ0v) is 17.9. The first-order valence-electron chi connectivity index (χ1n) is 10.0. The molecule has 4 N–H and O–H groups in total. The predicted octanol–water partition coefficient (Wildman–Crippen LogP) is 1.74. The van der Waals surface area contributed by atoms with Gasteiger partial charge in [0.1, 0.15) is 15.5 Å². The lowest BCUT2D eigenvalue weighted by molar-refractivity contribution is -0.116. The third-order valence-corrected chi connectivity index (χ3v) is 7.60. The third kappa shape index (κ3) is 3.98. The molecule has 0 saturated carbocycles. The van der Waals surface area contributed by atoms with Crippen LogP contribution >= 0.6 is 22.7 Å². The van der Waals surface area contributed by atoms with E-state index in [2.05, 4.69) is 20.9 Å². The second-order valence-corrected chi connectivity index (χ2v) is 9.60. The first kappa shape index (κ1) is 20.0. The number of hydrogen-bond donors (Lipinski definition) is 4. The fourth-order valence-corrected chi connectivity index (χ4v) is 6.14. The summed E-state index contributed by atoms with van der Waals surface area (Å²) in [6.07, 6.45) is 4.30. The van der Waals surface area contributed by atoms with Gasteiger partial charge in [-0.25, -0.2) is 4.98 Å². The summed E-state index contributed by atoms with van der Waals surface area (Å²) in [5, 5.41) is 21.3. The minimum absolute atomic E-state index is 0.0495. The van der Waals surface area contributed by atoms with Crippen LogP contribution in [0.1, 0.15) is 16.9 Å². The van der Waals surface area contributed by atoms with Crippen LogP contribution in [0.15, 0.2) is 18.5 Å². The van der Waals surface area contributed by atoms with Crippen molar-refractivity contribution < 1.29 is 14.6 Å². The lowest BCUT2D eigenvalue weighted by Gasteiger charge is -2.14. The molecule has 0 bridgehead atoms. The first-order chi connectivity index (χ1) is 14.7. The number of fused-ring (bicyclic) bond motifs is 2. The number of ether oxygens (including phenoxy) is 1. The number of amides is 1. The van der Waals surface area contributed by atoms with Crippen LogP contribution in [-0.2, 0) is 22.5 Å². The van der Waals surface area contributed by atoms with Gasteiger partial charge in [-0.2, -0.15) is 0 Å². The zero-order valence-electron chi connectivity index (χ0n) is 16.3. The van der Waals surface area contributed by atoms with Crippen molar-refractivity contribution in [3.8, 4) is 10.6 Å². The van der Waals surface area contributed by atoms with Crippen LogP contribution in [-0.4, -0.2) is 59.4 Å². The summed E-state index contributed by atoms with van der Waals surface area (Å²) in [6, 6.07) is 1.87. The van der Waals surface area contributed by atoms with Crippen molar-refractivity contribution in [1.29, 1.82) is 0 Å². The fraction of sp³-hybridized carbons (Fsp3) is 0.450. The molecule has 0 radical (unpaired) electrons. The summed E-state index contributed by atoms with van der Waals surface area (Å²) in [7, 11) is 0. The number of pyridine rings is 1. The maximum absolute atomic E-state index is 12.7. The molecule has 8 nitrogen and oxygen atoms in total. The fourth-order valence-electron chi connectivity index (χ4n) is 3.83. The van der Waals surface area contributed by atoms with Gasteiger partial charge >= 0.3 is 0 Å².